The zero-order valence-electron chi connectivity index (χ0n) is 13.6. The number of hydrogen-bond acceptors (Lipinski definition) is 4. The van der Waals surface area contributed by atoms with Crippen LogP contribution < -0.4 is 15.4 Å². The molecule has 122 valence electrons. The molecule has 0 saturated heterocycles. The van der Waals surface area contributed by atoms with E-state index in [9.17, 15) is 9.59 Å². The molecule has 0 atom stereocenters. The molecular formula is C16H20N4O3. The third-order valence-electron chi connectivity index (χ3n) is 3.22. The van der Waals surface area contributed by atoms with E-state index in [2.05, 4.69) is 20.8 Å². The van der Waals surface area contributed by atoms with E-state index in [0.717, 1.165) is 5.69 Å². The monoisotopic (exact) mass is 316 g/mol. The number of H-pyrrole nitrogens is 1. The molecule has 0 aliphatic heterocycles. The first kappa shape index (κ1) is 16.5. The second kappa shape index (κ2) is 6.95. The number of hydrogen-bond donors (Lipinski definition) is 3. The normalized spacial score (nSPS) is 10.5. The lowest BCUT2D eigenvalue weighted by molar-refractivity contribution is -0.114. The lowest BCUT2D eigenvalue weighted by Crippen LogP contribution is -2.13. The number of carbonyl (C=O) groups is 2. The van der Waals surface area contributed by atoms with Crippen LogP contribution >= 0.6 is 0 Å². The molecule has 7 nitrogen and oxygen atoms in total. The van der Waals surface area contributed by atoms with E-state index < -0.39 is 0 Å². The van der Waals surface area contributed by atoms with Crippen LogP contribution in [0.25, 0.3) is 0 Å². The molecular weight excluding hydrogens is 296 g/mol. The number of nitrogens with zero attached hydrogens (tertiary/aromatic N) is 1. The predicted octanol–water partition coefficient (Wildman–Crippen LogP) is 2.75. The van der Waals surface area contributed by atoms with E-state index in [1.807, 2.05) is 13.8 Å². The Morgan fingerprint density at radius 3 is 2.52 bits per heavy atom. The van der Waals surface area contributed by atoms with Gasteiger partial charge in [0.15, 0.2) is 5.69 Å². The Kier molecular flexibility index (Phi) is 5.00. The molecule has 23 heavy (non-hydrogen) atoms. The minimum Gasteiger partial charge on any atom is -0.495 e. The van der Waals surface area contributed by atoms with E-state index in [4.69, 9.17) is 4.74 Å². The van der Waals surface area contributed by atoms with Gasteiger partial charge in [-0.3, -0.25) is 14.7 Å². The zero-order chi connectivity index (χ0) is 17.0. The van der Waals surface area contributed by atoms with Gasteiger partial charge in [-0.1, -0.05) is 13.8 Å². The number of benzene rings is 1. The lowest BCUT2D eigenvalue weighted by atomic mass is 10.1. The summed E-state index contributed by atoms with van der Waals surface area (Å²) in [5, 5.41) is 12.3. The maximum Gasteiger partial charge on any atom is 0.276 e. The van der Waals surface area contributed by atoms with Crippen LogP contribution in [0.5, 0.6) is 5.75 Å². The highest BCUT2D eigenvalue weighted by Gasteiger charge is 2.13. The quantitative estimate of drug-likeness (QED) is 0.790. The van der Waals surface area contributed by atoms with Crippen molar-refractivity contribution >= 4 is 23.2 Å². The topological polar surface area (TPSA) is 96.1 Å². The summed E-state index contributed by atoms with van der Waals surface area (Å²) in [4.78, 5) is 23.5. The van der Waals surface area contributed by atoms with E-state index in [1.165, 1.54) is 14.0 Å². The Labute approximate surface area is 134 Å². The van der Waals surface area contributed by atoms with Gasteiger partial charge in [0.05, 0.1) is 12.8 Å². The van der Waals surface area contributed by atoms with Crippen molar-refractivity contribution < 1.29 is 14.3 Å². The lowest BCUT2D eigenvalue weighted by Gasteiger charge is -2.11. The van der Waals surface area contributed by atoms with Gasteiger partial charge in [0, 0.05) is 18.3 Å². The Morgan fingerprint density at radius 2 is 1.96 bits per heavy atom. The van der Waals surface area contributed by atoms with E-state index >= 15 is 0 Å². The summed E-state index contributed by atoms with van der Waals surface area (Å²) in [5.74, 6) is 0.226. The predicted molar refractivity (Wildman–Crippen MR) is 87.9 cm³/mol. The summed E-state index contributed by atoms with van der Waals surface area (Å²) < 4.78 is 5.18. The number of aromatic nitrogens is 2. The number of carbonyl (C=O) groups excluding carboxylic acids is 2. The number of nitrogens with one attached hydrogen (secondary N) is 3. The molecule has 2 aromatic rings. The van der Waals surface area contributed by atoms with Gasteiger partial charge in [0.2, 0.25) is 5.91 Å². The van der Waals surface area contributed by atoms with Gasteiger partial charge >= 0.3 is 0 Å². The summed E-state index contributed by atoms with van der Waals surface area (Å²) in [5.41, 5.74) is 2.23. The smallest absolute Gasteiger partial charge is 0.276 e. The molecule has 0 aliphatic carbocycles. The fourth-order valence-electron chi connectivity index (χ4n) is 2.02. The second-order valence-corrected chi connectivity index (χ2v) is 5.41. The van der Waals surface area contributed by atoms with Crippen molar-refractivity contribution in [3.8, 4) is 5.75 Å². The molecule has 1 aromatic heterocycles. The van der Waals surface area contributed by atoms with Gasteiger partial charge in [0.25, 0.3) is 5.91 Å². The molecule has 0 radical (unpaired) electrons. The molecule has 0 saturated carbocycles. The maximum atomic E-state index is 12.2. The summed E-state index contributed by atoms with van der Waals surface area (Å²) >= 11 is 0. The number of anilines is 2. The van der Waals surface area contributed by atoms with Crippen molar-refractivity contribution in [1.82, 2.24) is 10.2 Å². The highest BCUT2D eigenvalue weighted by Crippen LogP contribution is 2.28. The van der Waals surface area contributed by atoms with Crippen LogP contribution in [-0.2, 0) is 4.79 Å². The van der Waals surface area contributed by atoms with Crippen LogP contribution in [0.4, 0.5) is 11.4 Å². The van der Waals surface area contributed by atoms with Crippen LogP contribution in [0, 0.1) is 0 Å². The van der Waals surface area contributed by atoms with Crippen molar-refractivity contribution in [2.75, 3.05) is 17.7 Å². The second-order valence-electron chi connectivity index (χ2n) is 5.41. The molecule has 0 spiro atoms. The SMILES string of the molecule is COc1ccc(NC(=O)c2cc(C(C)C)[nH]n2)cc1NC(C)=O. The number of aromatic amines is 1. The van der Waals surface area contributed by atoms with Crippen molar-refractivity contribution in [3.05, 3.63) is 35.7 Å². The fraction of sp³-hybridized carbons (Fsp3) is 0.312. The van der Waals surface area contributed by atoms with E-state index in [0.29, 0.717) is 22.8 Å². The van der Waals surface area contributed by atoms with Crippen LogP contribution in [-0.4, -0.2) is 29.1 Å². The minimum atomic E-state index is -0.327. The summed E-state index contributed by atoms with van der Waals surface area (Å²) in [6.45, 7) is 5.43. The molecule has 1 heterocycles. The summed E-state index contributed by atoms with van der Waals surface area (Å²) in [6.07, 6.45) is 0. The Morgan fingerprint density at radius 1 is 1.22 bits per heavy atom. The highest BCUT2D eigenvalue weighted by molar-refractivity contribution is 6.03. The van der Waals surface area contributed by atoms with Crippen LogP contribution in [0.2, 0.25) is 0 Å². The van der Waals surface area contributed by atoms with Crippen LogP contribution in [0.1, 0.15) is 42.9 Å². The van der Waals surface area contributed by atoms with Crippen molar-refractivity contribution in [1.29, 1.82) is 0 Å². The average molecular weight is 316 g/mol. The maximum absolute atomic E-state index is 12.2. The minimum absolute atomic E-state index is 0.222. The van der Waals surface area contributed by atoms with E-state index in [-0.39, 0.29) is 17.7 Å². The number of methoxy groups -OCH3 is 1. The summed E-state index contributed by atoms with van der Waals surface area (Å²) in [6, 6.07) is 6.72. The van der Waals surface area contributed by atoms with Crippen LogP contribution in [0.3, 0.4) is 0 Å². The van der Waals surface area contributed by atoms with Gasteiger partial charge in [-0.15, -0.1) is 0 Å². The van der Waals surface area contributed by atoms with Gasteiger partial charge < -0.3 is 15.4 Å². The molecule has 0 aliphatic rings. The average Bonchev–Trinajstić information content (AvgIpc) is 2.97. The van der Waals surface area contributed by atoms with Crippen molar-refractivity contribution in [2.24, 2.45) is 0 Å². The number of rotatable bonds is 5. The van der Waals surface area contributed by atoms with Gasteiger partial charge in [-0.25, -0.2) is 0 Å². The Balaban J connectivity index is 2.18. The Bertz CT molecular complexity index is 722. The molecule has 2 rings (SSSR count). The first-order valence-electron chi connectivity index (χ1n) is 7.23. The largest absolute Gasteiger partial charge is 0.495 e. The van der Waals surface area contributed by atoms with Gasteiger partial charge in [0.1, 0.15) is 5.75 Å². The standard InChI is InChI=1S/C16H20N4O3/c1-9(2)12-8-14(20-19-12)16(22)18-11-5-6-15(23-4)13(7-11)17-10(3)21/h5-9H,1-4H3,(H,17,21)(H,18,22)(H,19,20). The molecule has 0 fully saturated rings. The van der Waals surface area contributed by atoms with Crippen LogP contribution in [0.15, 0.2) is 24.3 Å². The van der Waals surface area contributed by atoms with Gasteiger partial charge in [-0.2, -0.15) is 5.10 Å². The first-order chi connectivity index (χ1) is 10.9. The molecule has 3 N–H and O–H groups in total. The van der Waals surface area contributed by atoms with E-state index in [1.54, 1.807) is 24.3 Å². The third-order valence-corrected chi connectivity index (χ3v) is 3.22. The number of ether oxygens (including phenoxy) is 1. The van der Waals surface area contributed by atoms with Gasteiger partial charge in [-0.05, 0) is 30.2 Å². The molecule has 1 aromatic carbocycles. The number of amides is 2. The molecule has 0 unspecified atom stereocenters. The molecule has 7 heteroatoms. The Hall–Kier alpha value is -2.83. The fourth-order valence-corrected chi connectivity index (χ4v) is 2.02. The summed E-state index contributed by atoms with van der Waals surface area (Å²) in [7, 11) is 1.51. The van der Waals surface area contributed by atoms with Crippen molar-refractivity contribution in [3.63, 3.8) is 0 Å². The highest BCUT2D eigenvalue weighted by atomic mass is 16.5. The van der Waals surface area contributed by atoms with Crippen molar-refractivity contribution in [2.45, 2.75) is 26.7 Å². The molecule has 2 amide bonds. The third kappa shape index (κ3) is 4.09. The first-order valence-corrected chi connectivity index (χ1v) is 7.23. The zero-order valence-corrected chi connectivity index (χ0v) is 13.6. The molecule has 0 bridgehead atoms.